The number of rotatable bonds is 4. The average molecular weight is 291 g/mol. The molecule has 1 aromatic carbocycles. The highest BCUT2D eigenvalue weighted by atomic mass is 16.5. The molecule has 1 aromatic rings. The van der Waals surface area contributed by atoms with E-state index in [-0.39, 0.29) is 11.8 Å². The van der Waals surface area contributed by atoms with Crippen LogP contribution in [0.5, 0.6) is 0 Å². The van der Waals surface area contributed by atoms with E-state index in [4.69, 9.17) is 4.74 Å². The summed E-state index contributed by atoms with van der Waals surface area (Å²) in [5, 5.41) is 0. The summed E-state index contributed by atoms with van der Waals surface area (Å²) in [5.74, 6) is -0.643. The molecule has 0 radical (unpaired) electrons. The Kier molecular flexibility index (Phi) is 5.16. The average Bonchev–Trinajstić information content (AvgIpc) is 3.06. The van der Waals surface area contributed by atoms with E-state index in [1.54, 1.807) is 12.1 Å². The molecule has 21 heavy (non-hydrogen) atoms. The Labute approximate surface area is 124 Å². The van der Waals surface area contributed by atoms with Crippen molar-refractivity contribution in [2.45, 2.75) is 25.9 Å². The van der Waals surface area contributed by atoms with Crippen LogP contribution in [0.15, 0.2) is 24.3 Å². The first kappa shape index (κ1) is 15.3. The van der Waals surface area contributed by atoms with Gasteiger partial charge in [0.05, 0.1) is 0 Å². The molecular weight excluding hydrogens is 270 g/mol. The molecule has 1 atom stereocenters. The van der Waals surface area contributed by atoms with Crippen LogP contribution in [0.25, 0.3) is 0 Å². The third-order valence-electron chi connectivity index (χ3n) is 3.57. The number of hydrazine groups is 1. The molecular formula is C15H21N3O3. The number of carbonyl (C=O) groups is 2. The van der Waals surface area contributed by atoms with Crippen molar-refractivity contribution in [2.75, 3.05) is 25.1 Å². The van der Waals surface area contributed by atoms with Gasteiger partial charge in [-0.1, -0.05) is 0 Å². The Morgan fingerprint density at radius 2 is 2.00 bits per heavy atom. The summed E-state index contributed by atoms with van der Waals surface area (Å²) in [6, 6.07) is 7.21. The van der Waals surface area contributed by atoms with E-state index in [1.807, 2.05) is 19.2 Å². The lowest BCUT2D eigenvalue weighted by Gasteiger charge is -2.17. The summed E-state index contributed by atoms with van der Waals surface area (Å²) in [7, 11) is 1.98. The van der Waals surface area contributed by atoms with Gasteiger partial charge >= 0.3 is 0 Å². The number of hydrogen-bond acceptors (Lipinski definition) is 4. The van der Waals surface area contributed by atoms with Crippen LogP contribution in [0.3, 0.4) is 0 Å². The van der Waals surface area contributed by atoms with Crippen molar-refractivity contribution in [3.63, 3.8) is 0 Å². The Balaban J connectivity index is 1.86. The molecule has 1 unspecified atom stereocenters. The number of carbonyl (C=O) groups excluding carboxylic acids is 2. The highest BCUT2D eigenvalue weighted by Gasteiger charge is 2.23. The van der Waals surface area contributed by atoms with Crippen LogP contribution in [0.4, 0.5) is 5.69 Å². The maximum absolute atomic E-state index is 11.9. The van der Waals surface area contributed by atoms with E-state index >= 15 is 0 Å². The third kappa shape index (κ3) is 3.95. The predicted octanol–water partition coefficient (Wildman–Crippen LogP) is 1.08. The first-order valence-corrected chi connectivity index (χ1v) is 7.15. The molecule has 1 fully saturated rings. The van der Waals surface area contributed by atoms with Crippen LogP contribution in [0.1, 0.15) is 30.1 Å². The fourth-order valence-corrected chi connectivity index (χ4v) is 2.11. The molecule has 0 bridgehead atoms. The van der Waals surface area contributed by atoms with Gasteiger partial charge in [-0.05, 0) is 44.0 Å². The summed E-state index contributed by atoms with van der Waals surface area (Å²) in [6.07, 6.45) is 1.11. The zero-order valence-electron chi connectivity index (χ0n) is 12.4. The standard InChI is InChI=1S/C15H21N3O3/c1-3-18(2)12-8-6-11(7-9-12)14(19)16-17-15(20)13-5-4-10-21-13/h6-9,13H,3-5,10H2,1-2H3,(H,16,19)(H,17,20). The van der Waals surface area contributed by atoms with Crippen LogP contribution in [-0.4, -0.2) is 38.1 Å². The molecule has 1 aliphatic rings. The van der Waals surface area contributed by atoms with E-state index in [0.29, 0.717) is 18.6 Å². The van der Waals surface area contributed by atoms with Crippen molar-refractivity contribution >= 4 is 17.5 Å². The van der Waals surface area contributed by atoms with E-state index in [1.165, 1.54) is 0 Å². The van der Waals surface area contributed by atoms with Crippen molar-refractivity contribution < 1.29 is 14.3 Å². The molecule has 0 aromatic heterocycles. The molecule has 6 nitrogen and oxygen atoms in total. The van der Waals surface area contributed by atoms with Crippen molar-refractivity contribution in [2.24, 2.45) is 0 Å². The Morgan fingerprint density at radius 3 is 2.57 bits per heavy atom. The van der Waals surface area contributed by atoms with Gasteiger partial charge in [-0.25, -0.2) is 0 Å². The highest BCUT2D eigenvalue weighted by Crippen LogP contribution is 2.13. The molecule has 2 N–H and O–H groups in total. The quantitative estimate of drug-likeness (QED) is 0.815. The van der Waals surface area contributed by atoms with Crippen molar-refractivity contribution in [1.82, 2.24) is 10.9 Å². The molecule has 1 aliphatic heterocycles. The minimum Gasteiger partial charge on any atom is -0.375 e. The first-order valence-electron chi connectivity index (χ1n) is 7.15. The van der Waals surface area contributed by atoms with Crippen molar-refractivity contribution in [3.05, 3.63) is 29.8 Å². The molecule has 0 spiro atoms. The number of benzene rings is 1. The van der Waals surface area contributed by atoms with Crippen LogP contribution in [0.2, 0.25) is 0 Å². The van der Waals surface area contributed by atoms with Gasteiger partial charge in [0.2, 0.25) is 0 Å². The Hall–Kier alpha value is -2.08. The maximum atomic E-state index is 11.9. The van der Waals surface area contributed by atoms with E-state index < -0.39 is 6.10 Å². The van der Waals surface area contributed by atoms with Crippen LogP contribution >= 0.6 is 0 Å². The van der Waals surface area contributed by atoms with Gasteiger partial charge in [0.25, 0.3) is 11.8 Å². The molecule has 1 saturated heterocycles. The van der Waals surface area contributed by atoms with Crippen molar-refractivity contribution in [3.8, 4) is 0 Å². The second kappa shape index (κ2) is 7.08. The minimum atomic E-state index is -0.453. The van der Waals surface area contributed by atoms with Gasteiger partial charge in [-0.3, -0.25) is 20.4 Å². The Bertz CT molecular complexity index is 495. The minimum absolute atomic E-state index is 0.303. The van der Waals surface area contributed by atoms with Crippen molar-refractivity contribution in [1.29, 1.82) is 0 Å². The number of nitrogens with one attached hydrogen (secondary N) is 2. The zero-order valence-corrected chi connectivity index (χ0v) is 12.4. The largest absolute Gasteiger partial charge is 0.375 e. The van der Waals surface area contributed by atoms with E-state index in [2.05, 4.69) is 22.7 Å². The molecule has 2 rings (SSSR count). The number of anilines is 1. The number of ether oxygens (including phenoxy) is 1. The first-order chi connectivity index (χ1) is 10.1. The number of hydrogen-bond donors (Lipinski definition) is 2. The zero-order chi connectivity index (χ0) is 15.2. The summed E-state index contributed by atoms with van der Waals surface area (Å²) >= 11 is 0. The second-order valence-electron chi connectivity index (χ2n) is 5.01. The fraction of sp³-hybridized carbons (Fsp3) is 0.467. The maximum Gasteiger partial charge on any atom is 0.269 e. The van der Waals surface area contributed by atoms with Gasteiger partial charge in [-0.15, -0.1) is 0 Å². The topological polar surface area (TPSA) is 70.7 Å². The van der Waals surface area contributed by atoms with Gasteiger partial charge in [0.15, 0.2) is 0 Å². The molecule has 2 amide bonds. The highest BCUT2D eigenvalue weighted by molar-refractivity contribution is 5.96. The monoisotopic (exact) mass is 291 g/mol. The lowest BCUT2D eigenvalue weighted by Crippen LogP contribution is -2.46. The summed E-state index contributed by atoms with van der Waals surface area (Å²) in [6.45, 7) is 3.54. The summed E-state index contributed by atoms with van der Waals surface area (Å²) in [5.41, 5.74) is 6.34. The Morgan fingerprint density at radius 1 is 1.29 bits per heavy atom. The summed E-state index contributed by atoms with van der Waals surface area (Å²) < 4.78 is 5.24. The fourth-order valence-electron chi connectivity index (χ4n) is 2.11. The molecule has 6 heteroatoms. The molecule has 0 aliphatic carbocycles. The number of amides is 2. The molecule has 114 valence electrons. The van der Waals surface area contributed by atoms with Gasteiger partial charge < -0.3 is 9.64 Å². The lowest BCUT2D eigenvalue weighted by molar-refractivity contribution is -0.130. The van der Waals surface area contributed by atoms with Gasteiger partial charge in [0, 0.05) is 31.5 Å². The molecule has 0 saturated carbocycles. The van der Waals surface area contributed by atoms with E-state index in [0.717, 1.165) is 18.7 Å². The SMILES string of the molecule is CCN(C)c1ccc(C(=O)NNC(=O)C2CCCO2)cc1. The van der Waals surface area contributed by atoms with Gasteiger partial charge in [0.1, 0.15) is 6.10 Å². The lowest BCUT2D eigenvalue weighted by atomic mass is 10.2. The predicted molar refractivity (Wildman–Crippen MR) is 80.0 cm³/mol. The summed E-state index contributed by atoms with van der Waals surface area (Å²) in [4.78, 5) is 25.7. The second-order valence-corrected chi connectivity index (χ2v) is 5.01. The third-order valence-corrected chi connectivity index (χ3v) is 3.57. The van der Waals surface area contributed by atoms with Crippen LogP contribution in [-0.2, 0) is 9.53 Å². The van der Waals surface area contributed by atoms with Crippen LogP contribution < -0.4 is 15.8 Å². The normalized spacial score (nSPS) is 17.3. The smallest absolute Gasteiger partial charge is 0.269 e. The number of nitrogens with zero attached hydrogens (tertiary/aromatic N) is 1. The molecule has 1 heterocycles. The van der Waals surface area contributed by atoms with Gasteiger partial charge in [-0.2, -0.15) is 0 Å². The van der Waals surface area contributed by atoms with Crippen LogP contribution in [0, 0.1) is 0 Å². The van der Waals surface area contributed by atoms with E-state index in [9.17, 15) is 9.59 Å².